The minimum atomic E-state index is -0.149. The molecule has 4 heteroatoms. The molecule has 0 saturated heterocycles. The van der Waals surface area contributed by atoms with Gasteiger partial charge in [0.15, 0.2) is 0 Å². The van der Waals surface area contributed by atoms with Gasteiger partial charge in [-0.1, -0.05) is 35.0 Å². The molecule has 19 heavy (non-hydrogen) atoms. The van der Waals surface area contributed by atoms with Crippen LogP contribution in [-0.4, -0.2) is 18.3 Å². The monoisotopic (exact) mass is 323 g/mol. The summed E-state index contributed by atoms with van der Waals surface area (Å²) in [5.41, 5.74) is 1.26. The second-order valence-corrected chi connectivity index (χ2v) is 5.53. The van der Waals surface area contributed by atoms with Crippen LogP contribution in [0.15, 0.2) is 51.6 Å². The van der Waals surface area contributed by atoms with Crippen molar-refractivity contribution in [1.82, 2.24) is 5.32 Å². The number of rotatable bonds is 6. The maximum atomic E-state index is 9.40. The van der Waals surface area contributed by atoms with Gasteiger partial charge in [-0.25, -0.2) is 0 Å². The zero-order valence-corrected chi connectivity index (χ0v) is 12.4. The highest BCUT2D eigenvalue weighted by molar-refractivity contribution is 9.10. The van der Waals surface area contributed by atoms with Gasteiger partial charge >= 0.3 is 0 Å². The zero-order valence-electron chi connectivity index (χ0n) is 10.8. The number of benzene rings is 1. The van der Waals surface area contributed by atoms with Crippen molar-refractivity contribution in [3.05, 3.63) is 58.5 Å². The molecule has 0 radical (unpaired) electrons. The molecule has 0 spiro atoms. The van der Waals surface area contributed by atoms with Gasteiger partial charge in [0.2, 0.25) is 0 Å². The van der Waals surface area contributed by atoms with Crippen LogP contribution in [-0.2, 0) is 0 Å². The molecule has 1 aromatic carbocycles. The molecule has 0 aliphatic carbocycles. The van der Waals surface area contributed by atoms with E-state index in [0.29, 0.717) is 5.92 Å². The Bertz CT molecular complexity index is 499. The smallest absolute Gasteiger partial charge is 0.123 e. The van der Waals surface area contributed by atoms with Crippen LogP contribution in [0.25, 0.3) is 0 Å². The number of aliphatic hydroxyl groups excluding tert-OH is 1. The lowest BCUT2D eigenvalue weighted by atomic mass is 10.0. The highest BCUT2D eigenvalue weighted by Crippen LogP contribution is 2.20. The third kappa shape index (κ3) is 3.93. The van der Waals surface area contributed by atoms with Crippen LogP contribution in [0.3, 0.4) is 0 Å². The van der Waals surface area contributed by atoms with E-state index in [1.807, 2.05) is 24.3 Å². The maximum absolute atomic E-state index is 9.40. The normalized spacial score (nSPS) is 14.3. The van der Waals surface area contributed by atoms with Crippen LogP contribution in [0.2, 0.25) is 0 Å². The van der Waals surface area contributed by atoms with Crippen LogP contribution in [0.5, 0.6) is 0 Å². The van der Waals surface area contributed by atoms with Crippen LogP contribution in [0, 0.1) is 0 Å². The van der Waals surface area contributed by atoms with Crippen molar-refractivity contribution in [2.75, 3.05) is 13.2 Å². The molecule has 0 fully saturated rings. The summed E-state index contributed by atoms with van der Waals surface area (Å²) < 4.78 is 6.40. The number of furan rings is 1. The molecule has 1 heterocycles. The summed E-state index contributed by atoms with van der Waals surface area (Å²) in [6.45, 7) is 2.96. The van der Waals surface area contributed by atoms with Crippen LogP contribution in [0.1, 0.15) is 30.2 Å². The quantitative estimate of drug-likeness (QED) is 0.855. The van der Waals surface area contributed by atoms with Crippen molar-refractivity contribution in [1.29, 1.82) is 0 Å². The van der Waals surface area contributed by atoms with Gasteiger partial charge in [-0.3, -0.25) is 0 Å². The molecule has 0 amide bonds. The fourth-order valence-corrected chi connectivity index (χ4v) is 2.41. The van der Waals surface area contributed by atoms with Crippen molar-refractivity contribution in [3.63, 3.8) is 0 Å². The summed E-state index contributed by atoms with van der Waals surface area (Å²) in [6.07, 6.45) is 1.62. The van der Waals surface area contributed by atoms with E-state index in [9.17, 15) is 5.11 Å². The molecule has 2 unspecified atom stereocenters. The Kier molecular flexibility index (Phi) is 5.19. The molecule has 2 atom stereocenters. The Morgan fingerprint density at radius 1 is 1.32 bits per heavy atom. The molecule has 2 rings (SSSR count). The number of nitrogens with one attached hydrogen (secondary N) is 1. The second-order valence-electron chi connectivity index (χ2n) is 4.61. The Morgan fingerprint density at radius 3 is 2.79 bits per heavy atom. The molecule has 1 aromatic heterocycles. The van der Waals surface area contributed by atoms with Crippen molar-refractivity contribution in [2.24, 2.45) is 0 Å². The molecule has 0 saturated carbocycles. The van der Waals surface area contributed by atoms with Gasteiger partial charge < -0.3 is 14.8 Å². The molecule has 2 N–H and O–H groups in total. The third-order valence-corrected chi connectivity index (χ3v) is 3.65. The highest BCUT2D eigenvalue weighted by atomic mass is 79.9. The lowest BCUT2D eigenvalue weighted by molar-refractivity contribution is 0.225. The lowest BCUT2D eigenvalue weighted by Gasteiger charge is -2.18. The minimum absolute atomic E-state index is 0.0265. The first-order valence-electron chi connectivity index (χ1n) is 6.34. The SMILES string of the molecule is CC(CNC(CO)c1ccco1)c1cccc(Br)c1. The standard InChI is InChI=1S/C15H18BrNO2/c1-11(12-4-2-5-13(16)8-12)9-17-14(10-18)15-6-3-7-19-15/h2-8,11,14,17-18H,9-10H2,1H3. The Morgan fingerprint density at radius 2 is 2.16 bits per heavy atom. The van der Waals surface area contributed by atoms with Crippen LogP contribution in [0.4, 0.5) is 0 Å². The van der Waals surface area contributed by atoms with Crippen molar-refractivity contribution < 1.29 is 9.52 Å². The first-order valence-corrected chi connectivity index (χ1v) is 7.13. The Balaban J connectivity index is 1.94. The number of aliphatic hydroxyl groups is 1. The molecule has 0 aliphatic heterocycles. The Labute approximate surface area is 121 Å². The molecule has 0 bridgehead atoms. The zero-order chi connectivity index (χ0) is 13.7. The molecular formula is C15H18BrNO2. The minimum Gasteiger partial charge on any atom is -0.468 e. The lowest BCUT2D eigenvalue weighted by Crippen LogP contribution is -2.27. The summed E-state index contributed by atoms with van der Waals surface area (Å²) in [4.78, 5) is 0. The largest absolute Gasteiger partial charge is 0.468 e. The van der Waals surface area contributed by atoms with E-state index >= 15 is 0 Å². The van der Waals surface area contributed by atoms with E-state index in [1.165, 1.54) is 5.56 Å². The van der Waals surface area contributed by atoms with Crippen molar-refractivity contribution in [3.8, 4) is 0 Å². The molecule has 2 aromatic rings. The van der Waals surface area contributed by atoms with Gasteiger partial charge in [0.05, 0.1) is 18.9 Å². The predicted octanol–water partition coefficient (Wildman–Crippen LogP) is 3.47. The van der Waals surface area contributed by atoms with Crippen LogP contribution >= 0.6 is 15.9 Å². The summed E-state index contributed by atoms with van der Waals surface area (Å²) in [6, 6.07) is 11.8. The fourth-order valence-electron chi connectivity index (χ4n) is 1.99. The summed E-state index contributed by atoms with van der Waals surface area (Å²) in [5, 5.41) is 12.7. The van der Waals surface area contributed by atoms with Gasteiger partial charge in [-0.05, 0) is 35.7 Å². The van der Waals surface area contributed by atoms with E-state index in [0.717, 1.165) is 16.8 Å². The average Bonchev–Trinajstić information content (AvgIpc) is 2.93. The number of hydrogen-bond acceptors (Lipinski definition) is 3. The van der Waals surface area contributed by atoms with E-state index in [2.05, 4.69) is 40.3 Å². The molecule has 102 valence electrons. The van der Waals surface area contributed by atoms with E-state index in [-0.39, 0.29) is 12.6 Å². The van der Waals surface area contributed by atoms with E-state index < -0.39 is 0 Å². The van der Waals surface area contributed by atoms with Gasteiger partial charge in [0, 0.05) is 11.0 Å². The van der Waals surface area contributed by atoms with Crippen molar-refractivity contribution >= 4 is 15.9 Å². The summed E-state index contributed by atoms with van der Waals surface area (Å²) in [7, 11) is 0. The van der Waals surface area contributed by atoms with Gasteiger partial charge in [-0.2, -0.15) is 0 Å². The van der Waals surface area contributed by atoms with E-state index in [1.54, 1.807) is 6.26 Å². The molecule has 0 aliphatic rings. The maximum Gasteiger partial charge on any atom is 0.123 e. The summed E-state index contributed by atoms with van der Waals surface area (Å²) in [5.74, 6) is 1.13. The average molecular weight is 324 g/mol. The van der Waals surface area contributed by atoms with Gasteiger partial charge in [0.25, 0.3) is 0 Å². The highest BCUT2D eigenvalue weighted by Gasteiger charge is 2.14. The van der Waals surface area contributed by atoms with Gasteiger partial charge in [-0.15, -0.1) is 0 Å². The van der Waals surface area contributed by atoms with E-state index in [4.69, 9.17) is 4.42 Å². The third-order valence-electron chi connectivity index (χ3n) is 3.16. The predicted molar refractivity (Wildman–Crippen MR) is 79.1 cm³/mol. The number of halogens is 1. The first kappa shape index (κ1) is 14.3. The second kappa shape index (κ2) is 6.89. The van der Waals surface area contributed by atoms with Crippen LogP contribution < -0.4 is 5.32 Å². The number of hydrogen-bond donors (Lipinski definition) is 2. The molecule has 3 nitrogen and oxygen atoms in total. The Hall–Kier alpha value is -1.10. The van der Waals surface area contributed by atoms with Gasteiger partial charge in [0.1, 0.15) is 5.76 Å². The topological polar surface area (TPSA) is 45.4 Å². The fraction of sp³-hybridized carbons (Fsp3) is 0.333. The molecular weight excluding hydrogens is 306 g/mol. The summed E-state index contributed by atoms with van der Waals surface area (Å²) >= 11 is 3.48. The first-order chi connectivity index (χ1) is 9.20. The van der Waals surface area contributed by atoms with Crippen molar-refractivity contribution in [2.45, 2.75) is 18.9 Å².